The van der Waals surface area contributed by atoms with Gasteiger partial charge >= 0.3 is 0 Å². The van der Waals surface area contributed by atoms with Crippen molar-refractivity contribution in [2.75, 3.05) is 36.8 Å². The summed E-state index contributed by atoms with van der Waals surface area (Å²) in [5.41, 5.74) is 1.02. The number of aromatic nitrogens is 2. The van der Waals surface area contributed by atoms with Crippen molar-refractivity contribution in [1.82, 2.24) is 14.9 Å². The zero-order chi connectivity index (χ0) is 15.0. The molecule has 1 amide bonds. The van der Waals surface area contributed by atoms with Crippen LogP contribution in [0.4, 0.5) is 11.6 Å². The van der Waals surface area contributed by atoms with Gasteiger partial charge in [-0.15, -0.1) is 0 Å². The first kappa shape index (κ1) is 16.2. The number of carbonyl (C=O) groups excluding carboxylic acids is 1. The van der Waals surface area contributed by atoms with E-state index in [0.717, 1.165) is 43.3 Å². The molecule has 1 aromatic heterocycles. The Morgan fingerprint density at radius 2 is 1.70 bits per heavy atom. The molecule has 1 rings (SSSR count). The molecule has 0 aliphatic heterocycles. The van der Waals surface area contributed by atoms with Gasteiger partial charge in [-0.25, -0.2) is 9.97 Å². The summed E-state index contributed by atoms with van der Waals surface area (Å²) in [5, 5.41) is 6.34. The topological polar surface area (TPSA) is 70.1 Å². The fourth-order valence-electron chi connectivity index (χ4n) is 2.07. The van der Waals surface area contributed by atoms with E-state index in [-0.39, 0.29) is 12.5 Å². The van der Waals surface area contributed by atoms with Gasteiger partial charge in [-0.2, -0.15) is 0 Å². The zero-order valence-electron chi connectivity index (χ0n) is 12.9. The summed E-state index contributed by atoms with van der Waals surface area (Å²) in [7, 11) is 0. The zero-order valence-corrected chi connectivity index (χ0v) is 12.9. The Balaban J connectivity index is 2.77. The van der Waals surface area contributed by atoms with Crippen LogP contribution in [0.5, 0.6) is 0 Å². The Morgan fingerprint density at radius 3 is 2.20 bits per heavy atom. The number of likely N-dealkylation sites (N-methyl/N-ethyl adjacent to an activating group) is 1. The molecule has 1 aromatic rings. The molecule has 0 atom stereocenters. The Bertz CT molecular complexity index is 432. The highest BCUT2D eigenvalue weighted by Gasteiger charge is 2.12. The summed E-state index contributed by atoms with van der Waals surface area (Å²) in [6.45, 7) is 10.6. The standard InChI is InChI=1S/C14H25N5O/c1-5-11-13(15-6-2)17-10-18-14(11)16-9-12(20)19(7-3)8-4/h10H,5-9H2,1-4H3,(H2,15,16,17,18). The van der Waals surface area contributed by atoms with Gasteiger partial charge in [-0.1, -0.05) is 6.92 Å². The molecule has 0 aliphatic rings. The third-order valence-electron chi connectivity index (χ3n) is 3.17. The highest BCUT2D eigenvalue weighted by molar-refractivity contribution is 5.81. The van der Waals surface area contributed by atoms with E-state index in [9.17, 15) is 4.79 Å². The van der Waals surface area contributed by atoms with Crippen molar-refractivity contribution in [1.29, 1.82) is 0 Å². The van der Waals surface area contributed by atoms with Gasteiger partial charge in [0, 0.05) is 25.2 Å². The van der Waals surface area contributed by atoms with Crippen LogP contribution in [0, 0.1) is 0 Å². The second-order valence-corrected chi connectivity index (χ2v) is 4.35. The average molecular weight is 279 g/mol. The Labute approximate surface area is 121 Å². The Hall–Kier alpha value is -1.85. The maximum absolute atomic E-state index is 12.0. The van der Waals surface area contributed by atoms with Crippen LogP contribution >= 0.6 is 0 Å². The molecule has 1 heterocycles. The minimum Gasteiger partial charge on any atom is -0.370 e. The fraction of sp³-hybridized carbons (Fsp3) is 0.643. The fourth-order valence-corrected chi connectivity index (χ4v) is 2.07. The predicted octanol–water partition coefficient (Wildman–Crippen LogP) is 1.75. The third-order valence-corrected chi connectivity index (χ3v) is 3.17. The van der Waals surface area contributed by atoms with E-state index in [1.54, 1.807) is 4.90 Å². The van der Waals surface area contributed by atoms with E-state index in [2.05, 4.69) is 27.5 Å². The largest absolute Gasteiger partial charge is 0.370 e. The molecule has 0 unspecified atom stereocenters. The number of hydrogen-bond acceptors (Lipinski definition) is 5. The van der Waals surface area contributed by atoms with Crippen LogP contribution in [0.25, 0.3) is 0 Å². The molecule has 112 valence electrons. The Morgan fingerprint density at radius 1 is 1.10 bits per heavy atom. The predicted molar refractivity (Wildman–Crippen MR) is 82.0 cm³/mol. The van der Waals surface area contributed by atoms with Crippen LogP contribution in [0.2, 0.25) is 0 Å². The van der Waals surface area contributed by atoms with Crippen molar-refractivity contribution in [2.45, 2.75) is 34.1 Å². The molecule has 0 fully saturated rings. The van der Waals surface area contributed by atoms with Gasteiger partial charge in [0.05, 0.1) is 6.54 Å². The number of hydrogen-bond donors (Lipinski definition) is 2. The van der Waals surface area contributed by atoms with Crippen molar-refractivity contribution >= 4 is 17.5 Å². The van der Waals surface area contributed by atoms with Gasteiger partial charge in [-0.3, -0.25) is 4.79 Å². The van der Waals surface area contributed by atoms with E-state index in [1.807, 2.05) is 20.8 Å². The molecule has 6 nitrogen and oxygen atoms in total. The summed E-state index contributed by atoms with van der Waals surface area (Å²) in [4.78, 5) is 22.3. The van der Waals surface area contributed by atoms with Crippen molar-refractivity contribution in [3.8, 4) is 0 Å². The molecule has 0 saturated carbocycles. The Kier molecular flexibility index (Phi) is 6.76. The molecule has 6 heteroatoms. The van der Waals surface area contributed by atoms with Crippen LogP contribution < -0.4 is 10.6 Å². The molecule has 0 saturated heterocycles. The van der Waals surface area contributed by atoms with Crippen LogP contribution in [0.1, 0.15) is 33.3 Å². The van der Waals surface area contributed by atoms with Gasteiger partial charge in [0.1, 0.15) is 18.0 Å². The molecule has 0 bridgehead atoms. The van der Waals surface area contributed by atoms with Crippen LogP contribution in [0.3, 0.4) is 0 Å². The molecular weight excluding hydrogens is 254 g/mol. The third kappa shape index (κ3) is 4.08. The van der Waals surface area contributed by atoms with Crippen molar-refractivity contribution in [3.05, 3.63) is 11.9 Å². The van der Waals surface area contributed by atoms with Crippen molar-refractivity contribution in [2.24, 2.45) is 0 Å². The number of nitrogens with one attached hydrogen (secondary N) is 2. The van der Waals surface area contributed by atoms with Crippen molar-refractivity contribution < 1.29 is 4.79 Å². The number of anilines is 2. The summed E-state index contributed by atoms with van der Waals surface area (Å²) < 4.78 is 0. The first-order valence-corrected chi connectivity index (χ1v) is 7.27. The second-order valence-electron chi connectivity index (χ2n) is 4.35. The van der Waals surface area contributed by atoms with Crippen molar-refractivity contribution in [3.63, 3.8) is 0 Å². The molecule has 0 aliphatic carbocycles. The first-order valence-electron chi connectivity index (χ1n) is 7.27. The van der Waals surface area contributed by atoms with E-state index >= 15 is 0 Å². The SMILES string of the molecule is CCNc1ncnc(NCC(=O)N(CC)CC)c1CC. The van der Waals surface area contributed by atoms with E-state index < -0.39 is 0 Å². The maximum atomic E-state index is 12.0. The number of rotatable bonds is 8. The lowest BCUT2D eigenvalue weighted by molar-refractivity contribution is -0.128. The van der Waals surface area contributed by atoms with E-state index in [1.165, 1.54) is 6.33 Å². The van der Waals surface area contributed by atoms with Gasteiger partial charge in [0.15, 0.2) is 0 Å². The summed E-state index contributed by atoms with van der Waals surface area (Å²) in [6.07, 6.45) is 2.33. The van der Waals surface area contributed by atoms with Gasteiger partial charge in [0.2, 0.25) is 5.91 Å². The molecular formula is C14H25N5O. The maximum Gasteiger partial charge on any atom is 0.241 e. The molecule has 0 aromatic carbocycles. The van der Waals surface area contributed by atoms with Gasteiger partial charge < -0.3 is 15.5 Å². The van der Waals surface area contributed by atoms with Gasteiger partial charge in [-0.05, 0) is 27.2 Å². The van der Waals surface area contributed by atoms with Crippen LogP contribution in [-0.4, -0.2) is 47.0 Å². The monoisotopic (exact) mass is 279 g/mol. The average Bonchev–Trinajstić information content (AvgIpc) is 2.46. The lowest BCUT2D eigenvalue weighted by Crippen LogP contribution is -2.35. The molecule has 20 heavy (non-hydrogen) atoms. The molecule has 2 N–H and O–H groups in total. The summed E-state index contributed by atoms with van der Waals surface area (Å²) in [5.74, 6) is 1.66. The van der Waals surface area contributed by atoms with E-state index in [4.69, 9.17) is 0 Å². The van der Waals surface area contributed by atoms with Crippen LogP contribution in [0.15, 0.2) is 6.33 Å². The lowest BCUT2D eigenvalue weighted by atomic mass is 10.2. The van der Waals surface area contributed by atoms with Gasteiger partial charge in [0.25, 0.3) is 0 Å². The molecule has 0 radical (unpaired) electrons. The van der Waals surface area contributed by atoms with E-state index in [0.29, 0.717) is 0 Å². The lowest BCUT2D eigenvalue weighted by Gasteiger charge is -2.19. The second kappa shape index (κ2) is 8.35. The normalized spacial score (nSPS) is 10.2. The number of nitrogens with zero attached hydrogens (tertiary/aromatic N) is 3. The highest BCUT2D eigenvalue weighted by Crippen LogP contribution is 2.19. The minimum atomic E-state index is 0.0840. The minimum absolute atomic E-state index is 0.0840. The smallest absolute Gasteiger partial charge is 0.241 e. The number of amides is 1. The number of carbonyl (C=O) groups is 1. The van der Waals surface area contributed by atoms with Crippen LogP contribution in [-0.2, 0) is 11.2 Å². The quantitative estimate of drug-likeness (QED) is 0.758. The first-order chi connectivity index (χ1) is 9.67. The summed E-state index contributed by atoms with van der Waals surface area (Å²) >= 11 is 0. The summed E-state index contributed by atoms with van der Waals surface area (Å²) in [6, 6.07) is 0. The highest BCUT2D eigenvalue weighted by atomic mass is 16.2. The molecule has 0 spiro atoms.